The van der Waals surface area contributed by atoms with Gasteiger partial charge in [-0.15, -0.1) is 0 Å². The van der Waals surface area contributed by atoms with E-state index in [0.717, 1.165) is 77.1 Å². The van der Waals surface area contributed by atoms with E-state index in [1.807, 2.05) is 38.1 Å². The number of hydrogen-bond acceptors (Lipinski definition) is 5. The fourth-order valence-electron chi connectivity index (χ4n) is 5.96. The monoisotopic (exact) mass is 532 g/mol. The second-order valence-electron chi connectivity index (χ2n) is 10.2. The van der Waals surface area contributed by atoms with Crippen molar-refractivity contribution >= 4 is 34.8 Å². The van der Waals surface area contributed by atoms with E-state index in [1.54, 1.807) is 12.1 Å². The number of rotatable bonds is 6. The van der Waals surface area contributed by atoms with Crippen LogP contribution in [-0.4, -0.2) is 35.5 Å². The minimum atomic E-state index is -0.414. The van der Waals surface area contributed by atoms with Gasteiger partial charge in [0.05, 0.1) is 5.02 Å². The average Bonchev–Trinajstić information content (AvgIpc) is 2.90. The smallest absolute Gasteiger partial charge is 0.262 e. The highest BCUT2D eigenvalue weighted by molar-refractivity contribution is 6.32. The molecule has 0 spiro atoms. The molecule has 2 aromatic carbocycles. The SMILES string of the molecule is CCN1C2=C(C(=O)CCC2)C(c2ccc(OCC(=O)Nc3cccc(C)c3C)c(Cl)c2)C2=C1CCCC2=O. The predicted molar refractivity (Wildman–Crippen MR) is 148 cm³/mol. The third kappa shape index (κ3) is 4.78. The molecule has 0 aromatic heterocycles. The normalized spacial score (nSPS) is 17.9. The number of Topliss-reactive ketones (excluding diaryl/α,β-unsaturated/α-hetero) is 2. The largest absolute Gasteiger partial charge is 0.482 e. The maximum absolute atomic E-state index is 13.3. The van der Waals surface area contributed by atoms with Crippen molar-refractivity contribution in [2.45, 2.75) is 65.2 Å². The van der Waals surface area contributed by atoms with E-state index in [-0.39, 0.29) is 24.1 Å². The van der Waals surface area contributed by atoms with E-state index in [1.165, 1.54) is 0 Å². The van der Waals surface area contributed by atoms with Gasteiger partial charge in [0.1, 0.15) is 5.75 Å². The van der Waals surface area contributed by atoms with Crippen LogP contribution in [0.2, 0.25) is 5.02 Å². The molecular weight excluding hydrogens is 500 g/mol. The van der Waals surface area contributed by atoms with Gasteiger partial charge in [-0.3, -0.25) is 14.4 Å². The fourth-order valence-corrected chi connectivity index (χ4v) is 6.20. The Labute approximate surface area is 228 Å². The highest BCUT2D eigenvalue weighted by Crippen LogP contribution is 2.49. The van der Waals surface area contributed by atoms with E-state index in [2.05, 4.69) is 17.1 Å². The van der Waals surface area contributed by atoms with E-state index in [9.17, 15) is 14.4 Å². The Balaban J connectivity index is 1.42. The van der Waals surface area contributed by atoms with Crippen LogP contribution in [0.15, 0.2) is 58.9 Å². The number of carbonyl (C=O) groups excluding carboxylic acids is 3. The van der Waals surface area contributed by atoms with Gasteiger partial charge in [-0.25, -0.2) is 0 Å². The molecule has 0 saturated carbocycles. The molecule has 0 atom stereocenters. The van der Waals surface area contributed by atoms with Crippen LogP contribution in [-0.2, 0) is 14.4 Å². The molecule has 0 bridgehead atoms. The lowest BCUT2D eigenvalue weighted by molar-refractivity contribution is -0.118. The van der Waals surface area contributed by atoms with Crippen molar-refractivity contribution in [3.8, 4) is 5.75 Å². The highest BCUT2D eigenvalue weighted by atomic mass is 35.5. The number of carbonyl (C=O) groups is 3. The van der Waals surface area contributed by atoms with Crippen molar-refractivity contribution < 1.29 is 19.1 Å². The molecule has 1 aliphatic heterocycles. The number of anilines is 1. The van der Waals surface area contributed by atoms with Crippen molar-refractivity contribution in [1.82, 2.24) is 4.90 Å². The Hall–Kier alpha value is -3.38. The van der Waals surface area contributed by atoms with Crippen LogP contribution >= 0.6 is 11.6 Å². The third-order valence-electron chi connectivity index (χ3n) is 7.93. The number of ketones is 2. The second-order valence-corrected chi connectivity index (χ2v) is 10.6. The lowest BCUT2D eigenvalue weighted by atomic mass is 9.71. The molecule has 2 aromatic rings. The van der Waals surface area contributed by atoms with Crippen molar-refractivity contribution in [3.05, 3.63) is 80.7 Å². The van der Waals surface area contributed by atoms with Crippen LogP contribution in [0.5, 0.6) is 5.75 Å². The molecule has 0 fully saturated rings. The van der Waals surface area contributed by atoms with E-state index in [0.29, 0.717) is 23.6 Å². The number of halogens is 1. The van der Waals surface area contributed by atoms with Crippen LogP contribution in [0.4, 0.5) is 5.69 Å². The quantitative estimate of drug-likeness (QED) is 0.465. The first-order chi connectivity index (χ1) is 18.3. The molecule has 198 valence electrons. The molecule has 7 heteroatoms. The van der Waals surface area contributed by atoms with Gasteiger partial charge >= 0.3 is 0 Å². The zero-order valence-corrected chi connectivity index (χ0v) is 22.9. The van der Waals surface area contributed by atoms with Crippen LogP contribution in [0.3, 0.4) is 0 Å². The molecule has 1 heterocycles. The molecule has 0 radical (unpaired) electrons. The number of benzene rings is 2. The summed E-state index contributed by atoms with van der Waals surface area (Å²) < 4.78 is 5.76. The third-order valence-corrected chi connectivity index (χ3v) is 8.22. The molecule has 0 saturated heterocycles. The van der Waals surface area contributed by atoms with Gasteiger partial charge in [-0.05, 0) is 81.3 Å². The van der Waals surface area contributed by atoms with Crippen molar-refractivity contribution in [3.63, 3.8) is 0 Å². The summed E-state index contributed by atoms with van der Waals surface area (Å²) in [4.78, 5) is 41.3. The van der Waals surface area contributed by atoms with Gasteiger partial charge in [0.2, 0.25) is 0 Å². The summed E-state index contributed by atoms with van der Waals surface area (Å²) in [5.41, 5.74) is 7.26. The van der Waals surface area contributed by atoms with Crippen molar-refractivity contribution in [2.75, 3.05) is 18.5 Å². The number of ether oxygens (including phenoxy) is 1. The number of allylic oxidation sites excluding steroid dienone is 4. The summed E-state index contributed by atoms with van der Waals surface area (Å²) in [6.45, 7) is 6.58. The van der Waals surface area contributed by atoms with Gasteiger partial charge in [0.25, 0.3) is 5.91 Å². The summed E-state index contributed by atoms with van der Waals surface area (Å²) in [7, 11) is 0. The maximum atomic E-state index is 13.3. The van der Waals surface area contributed by atoms with Crippen LogP contribution in [0.1, 0.15) is 68.1 Å². The number of nitrogens with zero attached hydrogens (tertiary/aromatic N) is 1. The number of amides is 1. The summed E-state index contributed by atoms with van der Waals surface area (Å²) in [5, 5.41) is 3.23. The molecule has 0 unspecified atom stereocenters. The van der Waals surface area contributed by atoms with Gasteiger partial charge in [0.15, 0.2) is 18.2 Å². The van der Waals surface area contributed by atoms with Crippen LogP contribution in [0, 0.1) is 13.8 Å². The van der Waals surface area contributed by atoms with Gasteiger partial charge in [-0.2, -0.15) is 0 Å². The minimum absolute atomic E-state index is 0.110. The lowest BCUT2D eigenvalue weighted by Crippen LogP contribution is -2.39. The standard InChI is InChI=1S/C31H33ClN2O4/c1-4-34-23-10-6-12-25(35)30(23)29(31-24(34)11-7-13-26(31)36)20-14-15-27(21(32)16-20)38-17-28(37)33-22-9-5-8-18(2)19(22)3/h5,8-9,14-16,29H,4,6-7,10-13,17H2,1-3H3,(H,33,37). The zero-order chi connectivity index (χ0) is 27.0. The van der Waals surface area contributed by atoms with Crippen LogP contribution < -0.4 is 10.1 Å². The molecule has 3 aliphatic rings. The van der Waals surface area contributed by atoms with E-state index in [4.69, 9.17) is 16.3 Å². The molecule has 1 amide bonds. The van der Waals surface area contributed by atoms with Gasteiger partial charge in [-0.1, -0.05) is 29.8 Å². The fraction of sp³-hybridized carbons (Fsp3) is 0.387. The summed E-state index contributed by atoms with van der Waals surface area (Å²) >= 11 is 6.65. The van der Waals surface area contributed by atoms with Gasteiger partial charge < -0.3 is 15.0 Å². The number of nitrogens with one attached hydrogen (secondary N) is 1. The molecule has 5 rings (SSSR count). The highest BCUT2D eigenvalue weighted by Gasteiger charge is 2.42. The molecule has 2 aliphatic carbocycles. The summed E-state index contributed by atoms with van der Waals surface area (Å²) in [5.74, 6) is -0.0947. The van der Waals surface area contributed by atoms with Crippen molar-refractivity contribution in [2.24, 2.45) is 0 Å². The first kappa shape index (κ1) is 26.2. The molecule has 6 nitrogen and oxygen atoms in total. The van der Waals surface area contributed by atoms with E-state index >= 15 is 0 Å². The second kappa shape index (κ2) is 10.8. The van der Waals surface area contributed by atoms with Crippen LogP contribution in [0.25, 0.3) is 0 Å². The Morgan fingerprint density at radius 1 is 1.00 bits per heavy atom. The zero-order valence-electron chi connectivity index (χ0n) is 22.2. The average molecular weight is 533 g/mol. The lowest BCUT2D eigenvalue weighted by Gasteiger charge is -2.43. The Morgan fingerprint density at radius 2 is 1.66 bits per heavy atom. The molecule has 1 N–H and O–H groups in total. The maximum Gasteiger partial charge on any atom is 0.262 e. The first-order valence-electron chi connectivity index (χ1n) is 13.4. The first-order valence-corrected chi connectivity index (χ1v) is 13.8. The van der Waals surface area contributed by atoms with Gasteiger partial charge in [0, 0.05) is 53.5 Å². The number of aryl methyl sites for hydroxylation is 1. The molecule has 38 heavy (non-hydrogen) atoms. The topological polar surface area (TPSA) is 75.7 Å². The molecular formula is C31H33ClN2O4. The minimum Gasteiger partial charge on any atom is -0.482 e. The predicted octanol–water partition coefficient (Wildman–Crippen LogP) is 6.41. The summed E-state index contributed by atoms with van der Waals surface area (Å²) in [6, 6.07) is 11.1. The Bertz CT molecular complexity index is 1350. The summed E-state index contributed by atoms with van der Waals surface area (Å²) in [6.07, 6.45) is 4.31. The van der Waals surface area contributed by atoms with E-state index < -0.39 is 5.92 Å². The number of hydrogen-bond donors (Lipinski definition) is 1. The Kier molecular flexibility index (Phi) is 7.44. The van der Waals surface area contributed by atoms with Crippen molar-refractivity contribution in [1.29, 1.82) is 0 Å². The Morgan fingerprint density at radius 3 is 2.26 bits per heavy atom.